The lowest BCUT2D eigenvalue weighted by atomic mass is 10.0. The van der Waals surface area contributed by atoms with Gasteiger partial charge in [-0.3, -0.25) is 4.98 Å². The third kappa shape index (κ3) is 3.06. The van der Waals surface area contributed by atoms with Gasteiger partial charge < -0.3 is 15.4 Å². The largest absolute Gasteiger partial charge is 0.385 e. The summed E-state index contributed by atoms with van der Waals surface area (Å²) in [5.74, 6) is 0. The van der Waals surface area contributed by atoms with Crippen LogP contribution in [0.15, 0.2) is 24.4 Å². The van der Waals surface area contributed by atoms with Crippen molar-refractivity contribution < 1.29 is 4.74 Å². The highest BCUT2D eigenvalue weighted by Gasteiger charge is 2.21. The van der Waals surface area contributed by atoms with E-state index in [1.165, 1.54) is 0 Å². The van der Waals surface area contributed by atoms with E-state index in [2.05, 4.69) is 22.5 Å². The molecule has 1 aliphatic heterocycles. The van der Waals surface area contributed by atoms with Crippen LogP contribution in [0.3, 0.4) is 0 Å². The first kappa shape index (κ1) is 14.4. The number of benzene rings is 1. The molecular weight excluding hydrogens is 286 g/mol. The van der Waals surface area contributed by atoms with Crippen LogP contribution in [0.1, 0.15) is 19.8 Å². The maximum Gasteiger partial charge on any atom is 0.0766 e. The quantitative estimate of drug-likeness (QED) is 0.902. The molecule has 112 valence electrons. The van der Waals surface area contributed by atoms with E-state index in [0.29, 0.717) is 12.1 Å². The van der Waals surface area contributed by atoms with E-state index >= 15 is 0 Å². The molecule has 0 saturated carbocycles. The first-order chi connectivity index (χ1) is 10.2. The van der Waals surface area contributed by atoms with Crippen molar-refractivity contribution in [3.63, 3.8) is 0 Å². The summed E-state index contributed by atoms with van der Waals surface area (Å²) in [6.07, 6.45) is 4.18. The SMILES string of the molecule is CNc1cnc2ccc(Cl)cc2c1N[C@@H]1CCO[C@H](C)C1. The monoisotopic (exact) mass is 305 g/mol. The number of pyridine rings is 1. The van der Waals surface area contributed by atoms with Gasteiger partial charge in [0.2, 0.25) is 0 Å². The van der Waals surface area contributed by atoms with Gasteiger partial charge in [-0.2, -0.15) is 0 Å². The minimum Gasteiger partial charge on any atom is -0.385 e. The van der Waals surface area contributed by atoms with Gasteiger partial charge in [0, 0.05) is 30.1 Å². The van der Waals surface area contributed by atoms with Crippen LogP contribution in [-0.2, 0) is 4.74 Å². The van der Waals surface area contributed by atoms with E-state index in [1.54, 1.807) is 0 Å². The number of nitrogens with zero attached hydrogens (tertiary/aromatic N) is 1. The highest BCUT2D eigenvalue weighted by Crippen LogP contribution is 2.33. The molecule has 0 bridgehead atoms. The summed E-state index contributed by atoms with van der Waals surface area (Å²) in [7, 11) is 1.91. The van der Waals surface area contributed by atoms with Crippen LogP contribution in [0.4, 0.5) is 11.4 Å². The molecule has 1 aromatic heterocycles. The number of fused-ring (bicyclic) bond motifs is 1. The molecule has 21 heavy (non-hydrogen) atoms. The van der Waals surface area contributed by atoms with Crippen LogP contribution in [0, 0.1) is 0 Å². The number of hydrogen-bond acceptors (Lipinski definition) is 4. The van der Waals surface area contributed by atoms with Gasteiger partial charge in [-0.1, -0.05) is 11.6 Å². The van der Waals surface area contributed by atoms with Crippen molar-refractivity contribution >= 4 is 33.9 Å². The van der Waals surface area contributed by atoms with Gasteiger partial charge in [0.05, 0.1) is 29.2 Å². The molecule has 0 aliphatic carbocycles. The van der Waals surface area contributed by atoms with Gasteiger partial charge in [0.15, 0.2) is 0 Å². The lowest BCUT2D eigenvalue weighted by molar-refractivity contribution is 0.0232. The second-order valence-corrected chi connectivity index (χ2v) is 5.94. The van der Waals surface area contributed by atoms with Crippen molar-refractivity contribution in [2.24, 2.45) is 0 Å². The lowest BCUT2D eigenvalue weighted by Crippen LogP contribution is -2.32. The fraction of sp³-hybridized carbons (Fsp3) is 0.438. The van der Waals surface area contributed by atoms with Crippen LogP contribution in [0.5, 0.6) is 0 Å². The highest BCUT2D eigenvalue weighted by atomic mass is 35.5. The van der Waals surface area contributed by atoms with Gasteiger partial charge in [-0.05, 0) is 38.0 Å². The Morgan fingerprint density at radius 3 is 3.00 bits per heavy atom. The molecule has 4 nitrogen and oxygen atoms in total. The smallest absolute Gasteiger partial charge is 0.0766 e. The molecule has 2 atom stereocenters. The molecule has 1 fully saturated rings. The second kappa shape index (κ2) is 6.08. The minimum absolute atomic E-state index is 0.297. The van der Waals surface area contributed by atoms with E-state index in [9.17, 15) is 0 Å². The number of ether oxygens (including phenoxy) is 1. The van der Waals surface area contributed by atoms with Crippen molar-refractivity contribution in [2.75, 3.05) is 24.3 Å². The Morgan fingerprint density at radius 2 is 2.24 bits per heavy atom. The minimum atomic E-state index is 0.297. The summed E-state index contributed by atoms with van der Waals surface area (Å²) in [4.78, 5) is 4.48. The molecule has 0 spiro atoms. The van der Waals surface area contributed by atoms with Crippen molar-refractivity contribution in [2.45, 2.75) is 31.9 Å². The Labute approximate surface area is 129 Å². The van der Waals surface area contributed by atoms with E-state index in [0.717, 1.165) is 46.7 Å². The predicted molar refractivity (Wildman–Crippen MR) is 88.4 cm³/mol. The molecule has 2 heterocycles. The summed E-state index contributed by atoms with van der Waals surface area (Å²) in [5, 5.41) is 8.64. The zero-order valence-electron chi connectivity index (χ0n) is 12.3. The van der Waals surface area contributed by atoms with Gasteiger partial charge in [-0.25, -0.2) is 0 Å². The number of halogens is 1. The fourth-order valence-corrected chi connectivity index (χ4v) is 3.02. The first-order valence-electron chi connectivity index (χ1n) is 7.31. The van der Waals surface area contributed by atoms with Crippen molar-refractivity contribution in [1.82, 2.24) is 4.98 Å². The van der Waals surface area contributed by atoms with E-state index < -0.39 is 0 Å². The Balaban J connectivity index is 2.00. The zero-order valence-corrected chi connectivity index (χ0v) is 13.1. The fourth-order valence-electron chi connectivity index (χ4n) is 2.84. The van der Waals surface area contributed by atoms with Gasteiger partial charge >= 0.3 is 0 Å². The van der Waals surface area contributed by atoms with Crippen molar-refractivity contribution in [1.29, 1.82) is 0 Å². The Bertz CT molecular complexity index is 647. The third-order valence-electron chi connectivity index (χ3n) is 3.93. The summed E-state index contributed by atoms with van der Waals surface area (Å²) in [6.45, 7) is 2.92. The predicted octanol–water partition coefficient (Wildman–Crippen LogP) is 3.91. The van der Waals surface area contributed by atoms with Gasteiger partial charge in [0.1, 0.15) is 0 Å². The normalized spacial score (nSPS) is 22.2. The van der Waals surface area contributed by atoms with Crippen LogP contribution in [0.2, 0.25) is 5.02 Å². The number of anilines is 2. The van der Waals surface area contributed by atoms with Crippen molar-refractivity contribution in [3.05, 3.63) is 29.4 Å². The number of hydrogen-bond donors (Lipinski definition) is 2. The number of rotatable bonds is 3. The molecule has 5 heteroatoms. The van der Waals surface area contributed by atoms with Crippen LogP contribution in [-0.4, -0.2) is 30.8 Å². The Kier molecular flexibility index (Phi) is 4.17. The van der Waals surface area contributed by atoms with Gasteiger partial charge in [-0.15, -0.1) is 0 Å². The van der Waals surface area contributed by atoms with Crippen molar-refractivity contribution in [3.8, 4) is 0 Å². The third-order valence-corrected chi connectivity index (χ3v) is 4.17. The van der Waals surface area contributed by atoms with Gasteiger partial charge in [0.25, 0.3) is 0 Å². The Hall–Kier alpha value is -1.52. The molecule has 3 rings (SSSR count). The topological polar surface area (TPSA) is 46.2 Å². The first-order valence-corrected chi connectivity index (χ1v) is 7.69. The second-order valence-electron chi connectivity index (χ2n) is 5.51. The van der Waals surface area contributed by atoms with E-state index in [-0.39, 0.29) is 0 Å². The molecule has 2 aromatic rings. The maximum atomic E-state index is 6.16. The molecule has 0 radical (unpaired) electrons. The number of nitrogens with one attached hydrogen (secondary N) is 2. The van der Waals surface area contributed by atoms with Crippen LogP contribution in [0.25, 0.3) is 10.9 Å². The summed E-state index contributed by atoms with van der Waals surface area (Å²) in [6, 6.07) is 6.20. The average Bonchev–Trinajstić information content (AvgIpc) is 2.48. The highest BCUT2D eigenvalue weighted by molar-refractivity contribution is 6.31. The molecule has 2 N–H and O–H groups in total. The summed E-state index contributed by atoms with van der Waals surface area (Å²) >= 11 is 6.16. The molecule has 1 aliphatic rings. The van der Waals surface area contributed by atoms with E-state index in [1.807, 2.05) is 31.4 Å². The Morgan fingerprint density at radius 1 is 1.38 bits per heavy atom. The van der Waals surface area contributed by atoms with Crippen LogP contribution < -0.4 is 10.6 Å². The lowest BCUT2D eigenvalue weighted by Gasteiger charge is -2.29. The molecular formula is C16H20ClN3O. The molecule has 0 amide bonds. The average molecular weight is 306 g/mol. The molecule has 0 unspecified atom stereocenters. The molecule has 1 saturated heterocycles. The van der Waals surface area contributed by atoms with Crippen LogP contribution >= 0.6 is 11.6 Å². The van der Waals surface area contributed by atoms with E-state index in [4.69, 9.17) is 16.3 Å². The standard InChI is InChI=1S/C16H20ClN3O/c1-10-7-12(5-6-21-10)20-16-13-8-11(17)3-4-14(13)19-9-15(16)18-2/h3-4,8-10,12,18H,5-7H2,1-2H3,(H,19,20)/t10-,12-/m1/s1. The summed E-state index contributed by atoms with van der Waals surface area (Å²) in [5.41, 5.74) is 3.01. The maximum absolute atomic E-state index is 6.16. The summed E-state index contributed by atoms with van der Waals surface area (Å²) < 4.78 is 5.62. The number of aromatic nitrogens is 1. The zero-order chi connectivity index (χ0) is 14.8. The molecule has 1 aromatic carbocycles.